The number of nitrogens with zero attached hydrogens (tertiary/aromatic N) is 3. The summed E-state index contributed by atoms with van der Waals surface area (Å²) < 4.78 is 11.4. The normalized spacial score (nSPS) is 19.8. The molecule has 0 spiro atoms. The highest BCUT2D eigenvalue weighted by molar-refractivity contribution is 5.78. The molecule has 1 aromatic carbocycles. The molecule has 2 aliphatic heterocycles. The molecule has 6 heteroatoms. The zero-order valence-electron chi connectivity index (χ0n) is 15.0. The topological polar surface area (TPSA) is 63.3 Å². The second-order valence-electron chi connectivity index (χ2n) is 6.63. The quantitative estimate of drug-likeness (QED) is 0.627. The van der Waals surface area contributed by atoms with E-state index in [9.17, 15) is 0 Å². The Bertz CT molecular complexity index is 552. The molecule has 3 rings (SSSR count). The molecule has 2 heterocycles. The molecule has 0 aliphatic carbocycles. The molecular formula is C19H30N4O2. The van der Waals surface area contributed by atoms with Crippen LogP contribution >= 0.6 is 0 Å². The minimum atomic E-state index is 0.566. The van der Waals surface area contributed by atoms with E-state index in [1.54, 1.807) is 0 Å². The monoisotopic (exact) mass is 346 g/mol. The van der Waals surface area contributed by atoms with E-state index in [2.05, 4.69) is 20.9 Å². The second kappa shape index (κ2) is 9.63. The fourth-order valence-corrected chi connectivity index (χ4v) is 3.27. The molecule has 138 valence electrons. The minimum absolute atomic E-state index is 0.566. The summed E-state index contributed by atoms with van der Waals surface area (Å²) in [5, 5.41) is 0. The van der Waals surface area contributed by atoms with Crippen LogP contribution in [0.1, 0.15) is 24.8 Å². The number of nitrogens with two attached hydrogens (primary N) is 1. The lowest BCUT2D eigenvalue weighted by Gasteiger charge is -2.27. The molecule has 0 atom stereocenters. The Morgan fingerprint density at radius 1 is 1.08 bits per heavy atom. The van der Waals surface area contributed by atoms with E-state index in [0.29, 0.717) is 19.1 Å². The van der Waals surface area contributed by atoms with E-state index >= 15 is 0 Å². The summed E-state index contributed by atoms with van der Waals surface area (Å²) >= 11 is 0. The number of likely N-dealkylation sites (tertiary alicyclic amines) is 1. The summed E-state index contributed by atoms with van der Waals surface area (Å²) in [5.74, 6) is 1.56. The van der Waals surface area contributed by atoms with E-state index in [-0.39, 0.29) is 0 Å². The number of para-hydroxylation sites is 1. The number of rotatable bonds is 6. The lowest BCUT2D eigenvalue weighted by atomic mass is 10.1. The van der Waals surface area contributed by atoms with Crippen LogP contribution in [0.4, 0.5) is 0 Å². The molecule has 0 amide bonds. The number of ether oxygens (including phenoxy) is 2. The highest BCUT2D eigenvalue weighted by atomic mass is 16.5. The van der Waals surface area contributed by atoms with Gasteiger partial charge in [0.05, 0.1) is 19.8 Å². The molecule has 0 aromatic heterocycles. The Hall–Kier alpha value is -1.79. The summed E-state index contributed by atoms with van der Waals surface area (Å²) in [7, 11) is 0. The number of benzene rings is 1. The van der Waals surface area contributed by atoms with Crippen LogP contribution in [-0.2, 0) is 11.3 Å². The van der Waals surface area contributed by atoms with E-state index < -0.39 is 0 Å². The molecule has 0 bridgehead atoms. The van der Waals surface area contributed by atoms with Gasteiger partial charge in [-0.2, -0.15) is 0 Å². The van der Waals surface area contributed by atoms with Crippen molar-refractivity contribution in [2.75, 3.05) is 52.5 Å². The molecule has 6 nitrogen and oxygen atoms in total. The zero-order valence-corrected chi connectivity index (χ0v) is 15.0. The van der Waals surface area contributed by atoms with E-state index in [1.807, 2.05) is 18.2 Å². The van der Waals surface area contributed by atoms with Gasteiger partial charge < -0.3 is 20.1 Å². The van der Waals surface area contributed by atoms with Gasteiger partial charge in [0, 0.05) is 38.3 Å². The number of piperidine rings is 1. The lowest BCUT2D eigenvalue weighted by molar-refractivity contribution is 0.0322. The smallest absolute Gasteiger partial charge is 0.191 e. The molecule has 2 saturated heterocycles. The molecule has 0 saturated carbocycles. The third kappa shape index (κ3) is 5.61. The number of hydrogen-bond donors (Lipinski definition) is 1. The maximum atomic E-state index is 6.16. The molecular weight excluding hydrogens is 316 g/mol. The van der Waals surface area contributed by atoms with Gasteiger partial charge in [-0.15, -0.1) is 0 Å². The Labute approximate surface area is 150 Å². The summed E-state index contributed by atoms with van der Waals surface area (Å²) in [6, 6.07) is 8.11. The van der Waals surface area contributed by atoms with Crippen molar-refractivity contribution in [3.05, 3.63) is 29.8 Å². The average Bonchev–Trinajstić information content (AvgIpc) is 2.68. The zero-order chi connectivity index (χ0) is 17.3. The van der Waals surface area contributed by atoms with Crippen LogP contribution in [0.2, 0.25) is 0 Å². The maximum Gasteiger partial charge on any atom is 0.191 e. The van der Waals surface area contributed by atoms with Crippen molar-refractivity contribution in [3.63, 3.8) is 0 Å². The van der Waals surface area contributed by atoms with Crippen LogP contribution in [0, 0.1) is 0 Å². The predicted octanol–water partition coefficient (Wildman–Crippen LogP) is 1.70. The van der Waals surface area contributed by atoms with Crippen LogP contribution < -0.4 is 10.5 Å². The van der Waals surface area contributed by atoms with Gasteiger partial charge in [0.25, 0.3) is 0 Å². The lowest BCUT2D eigenvalue weighted by Crippen LogP contribution is -2.40. The van der Waals surface area contributed by atoms with Crippen molar-refractivity contribution in [1.29, 1.82) is 0 Å². The first-order chi connectivity index (χ1) is 12.3. The van der Waals surface area contributed by atoms with E-state index in [4.69, 9.17) is 15.2 Å². The highest BCUT2D eigenvalue weighted by Crippen LogP contribution is 2.19. The predicted molar refractivity (Wildman–Crippen MR) is 99.9 cm³/mol. The SMILES string of the molecule is NC(=NCc1ccccc1OCCN1CCOCC1)N1CCCCC1. The third-order valence-electron chi connectivity index (χ3n) is 4.83. The molecule has 2 aliphatic rings. The molecule has 1 aromatic rings. The standard InChI is InChI=1S/C19H30N4O2/c20-19(23-8-4-1-5-9-23)21-16-17-6-2-3-7-18(17)25-15-12-22-10-13-24-14-11-22/h2-3,6-7H,1,4-5,8-16H2,(H2,20,21). The van der Waals surface area contributed by atoms with Crippen molar-refractivity contribution in [1.82, 2.24) is 9.80 Å². The maximum absolute atomic E-state index is 6.16. The van der Waals surface area contributed by atoms with Crippen molar-refractivity contribution in [2.45, 2.75) is 25.8 Å². The van der Waals surface area contributed by atoms with Gasteiger partial charge in [0.15, 0.2) is 5.96 Å². The van der Waals surface area contributed by atoms with Crippen molar-refractivity contribution in [3.8, 4) is 5.75 Å². The third-order valence-corrected chi connectivity index (χ3v) is 4.83. The summed E-state index contributed by atoms with van der Waals surface area (Å²) in [4.78, 5) is 9.15. The van der Waals surface area contributed by atoms with Gasteiger partial charge in [0.2, 0.25) is 0 Å². The molecule has 0 radical (unpaired) electrons. The minimum Gasteiger partial charge on any atom is -0.492 e. The largest absolute Gasteiger partial charge is 0.492 e. The van der Waals surface area contributed by atoms with Crippen molar-refractivity contribution < 1.29 is 9.47 Å². The number of morpholine rings is 1. The second-order valence-corrected chi connectivity index (χ2v) is 6.63. The van der Waals surface area contributed by atoms with Crippen LogP contribution in [0.15, 0.2) is 29.3 Å². The van der Waals surface area contributed by atoms with E-state index in [0.717, 1.165) is 57.3 Å². The average molecular weight is 346 g/mol. The fraction of sp³-hybridized carbons (Fsp3) is 0.632. The van der Waals surface area contributed by atoms with Gasteiger partial charge in [-0.05, 0) is 25.3 Å². The summed E-state index contributed by atoms with van der Waals surface area (Å²) in [5.41, 5.74) is 7.25. The highest BCUT2D eigenvalue weighted by Gasteiger charge is 2.13. The van der Waals surface area contributed by atoms with Crippen molar-refractivity contribution >= 4 is 5.96 Å². The van der Waals surface area contributed by atoms with Gasteiger partial charge in [-0.25, -0.2) is 4.99 Å². The summed E-state index contributed by atoms with van der Waals surface area (Å²) in [6.45, 7) is 7.83. The summed E-state index contributed by atoms with van der Waals surface area (Å²) in [6.07, 6.45) is 3.71. The van der Waals surface area contributed by atoms with Gasteiger partial charge in [-0.3, -0.25) is 4.90 Å². The first-order valence-corrected chi connectivity index (χ1v) is 9.38. The fourth-order valence-electron chi connectivity index (χ4n) is 3.27. The first kappa shape index (κ1) is 18.0. The van der Waals surface area contributed by atoms with Crippen LogP contribution in [0.5, 0.6) is 5.75 Å². The van der Waals surface area contributed by atoms with Crippen LogP contribution in [0.3, 0.4) is 0 Å². The molecule has 0 unspecified atom stereocenters. The van der Waals surface area contributed by atoms with Crippen LogP contribution in [0.25, 0.3) is 0 Å². The Morgan fingerprint density at radius 3 is 2.64 bits per heavy atom. The number of aliphatic imine (C=N–C) groups is 1. The molecule has 25 heavy (non-hydrogen) atoms. The van der Waals surface area contributed by atoms with E-state index in [1.165, 1.54) is 19.3 Å². The van der Waals surface area contributed by atoms with Crippen molar-refractivity contribution in [2.24, 2.45) is 10.7 Å². The Kier molecular flexibility index (Phi) is 6.94. The number of hydrogen-bond acceptors (Lipinski definition) is 4. The first-order valence-electron chi connectivity index (χ1n) is 9.38. The Morgan fingerprint density at radius 2 is 1.84 bits per heavy atom. The molecule has 2 N–H and O–H groups in total. The van der Waals surface area contributed by atoms with Gasteiger partial charge in [-0.1, -0.05) is 18.2 Å². The number of guanidine groups is 1. The Balaban J connectivity index is 1.51. The molecule has 2 fully saturated rings. The van der Waals surface area contributed by atoms with Gasteiger partial charge >= 0.3 is 0 Å². The van der Waals surface area contributed by atoms with Gasteiger partial charge in [0.1, 0.15) is 12.4 Å². The van der Waals surface area contributed by atoms with Crippen LogP contribution in [-0.4, -0.2) is 68.3 Å².